The second kappa shape index (κ2) is 4.72. The fraction of sp³-hybridized carbons (Fsp3) is 0.100. The standard InChI is InChI=1S/C10H8BrN3S/c1-15-10-12-6-9(13-14-10)7-2-4-8(11)5-3-7/h2-6H,1H3. The minimum Gasteiger partial charge on any atom is -0.227 e. The lowest BCUT2D eigenvalue weighted by atomic mass is 10.2. The van der Waals surface area contributed by atoms with Crippen LogP contribution in [0.25, 0.3) is 11.3 Å². The lowest BCUT2D eigenvalue weighted by Gasteiger charge is -1.99. The Balaban J connectivity index is 2.33. The third kappa shape index (κ3) is 2.54. The van der Waals surface area contributed by atoms with Gasteiger partial charge in [0, 0.05) is 10.0 Å². The van der Waals surface area contributed by atoms with E-state index in [1.54, 1.807) is 6.20 Å². The Labute approximate surface area is 100 Å². The van der Waals surface area contributed by atoms with Crippen LogP contribution in [0.5, 0.6) is 0 Å². The molecule has 0 fully saturated rings. The van der Waals surface area contributed by atoms with E-state index in [0.29, 0.717) is 5.16 Å². The van der Waals surface area contributed by atoms with Gasteiger partial charge in [-0.05, 0) is 18.4 Å². The molecular weight excluding hydrogens is 274 g/mol. The van der Waals surface area contributed by atoms with E-state index in [2.05, 4.69) is 31.1 Å². The van der Waals surface area contributed by atoms with Gasteiger partial charge in [0.2, 0.25) is 5.16 Å². The van der Waals surface area contributed by atoms with Crippen LogP contribution in [0.1, 0.15) is 0 Å². The summed E-state index contributed by atoms with van der Waals surface area (Å²) < 4.78 is 1.05. The van der Waals surface area contributed by atoms with Crippen molar-refractivity contribution in [2.45, 2.75) is 5.16 Å². The minimum atomic E-state index is 0.691. The molecule has 5 heteroatoms. The average Bonchev–Trinajstić information content (AvgIpc) is 2.30. The maximum atomic E-state index is 4.17. The van der Waals surface area contributed by atoms with Crippen LogP contribution in [-0.2, 0) is 0 Å². The molecule has 0 spiro atoms. The Bertz CT molecular complexity index is 441. The van der Waals surface area contributed by atoms with Gasteiger partial charge in [-0.25, -0.2) is 4.98 Å². The summed E-state index contributed by atoms with van der Waals surface area (Å²) in [6.45, 7) is 0. The number of nitrogens with zero attached hydrogens (tertiary/aromatic N) is 3. The van der Waals surface area contributed by atoms with Gasteiger partial charge in [0.1, 0.15) is 5.69 Å². The van der Waals surface area contributed by atoms with E-state index in [-0.39, 0.29) is 0 Å². The Morgan fingerprint density at radius 1 is 1.13 bits per heavy atom. The van der Waals surface area contributed by atoms with E-state index in [0.717, 1.165) is 15.7 Å². The van der Waals surface area contributed by atoms with Crippen LogP contribution in [0.15, 0.2) is 40.1 Å². The molecule has 0 N–H and O–H groups in total. The third-order valence-electron chi connectivity index (χ3n) is 1.86. The SMILES string of the molecule is CSc1ncc(-c2ccc(Br)cc2)nn1. The monoisotopic (exact) mass is 281 g/mol. The smallest absolute Gasteiger partial charge is 0.208 e. The fourth-order valence-electron chi connectivity index (χ4n) is 1.11. The molecule has 0 unspecified atom stereocenters. The average molecular weight is 282 g/mol. The molecule has 1 aromatic heterocycles. The molecule has 15 heavy (non-hydrogen) atoms. The van der Waals surface area contributed by atoms with Crippen LogP contribution in [0.3, 0.4) is 0 Å². The minimum absolute atomic E-state index is 0.691. The van der Waals surface area contributed by atoms with Crippen LogP contribution in [0.4, 0.5) is 0 Å². The molecule has 0 aliphatic rings. The molecule has 0 saturated carbocycles. The molecule has 2 aromatic rings. The highest BCUT2D eigenvalue weighted by Gasteiger charge is 2.01. The highest BCUT2D eigenvalue weighted by molar-refractivity contribution is 9.10. The topological polar surface area (TPSA) is 38.7 Å². The number of thioether (sulfide) groups is 1. The highest BCUT2D eigenvalue weighted by atomic mass is 79.9. The normalized spacial score (nSPS) is 10.3. The molecule has 0 amide bonds. The molecule has 2 rings (SSSR count). The van der Waals surface area contributed by atoms with Gasteiger partial charge < -0.3 is 0 Å². The number of hydrogen-bond acceptors (Lipinski definition) is 4. The number of benzene rings is 1. The van der Waals surface area contributed by atoms with Gasteiger partial charge in [-0.15, -0.1) is 10.2 Å². The molecule has 0 bridgehead atoms. The summed E-state index contributed by atoms with van der Waals surface area (Å²) in [5.74, 6) is 0. The third-order valence-corrected chi connectivity index (χ3v) is 2.94. The zero-order chi connectivity index (χ0) is 10.7. The second-order valence-electron chi connectivity index (χ2n) is 2.84. The van der Waals surface area contributed by atoms with Crippen LogP contribution >= 0.6 is 27.7 Å². The van der Waals surface area contributed by atoms with Crippen molar-refractivity contribution in [1.82, 2.24) is 15.2 Å². The first kappa shape index (κ1) is 10.6. The van der Waals surface area contributed by atoms with Crippen molar-refractivity contribution in [3.8, 4) is 11.3 Å². The largest absolute Gasteiger partial charge is 0.227 e. The molecule has 1 aromatic carbocycles. The number of aromatic nitrogens is 3. The molecule has 3 nitrogen and oxygen atoms in total. The van der Waals surface area contributed by atoms with Crippen LogP contribution in [-0.4, -0.2) is 21.4 Å². The van der Waals surface area contributed by atoms with Crippen molar-refractivity contribution in [2.24, 2.45) is 0 Å². The molecule has 0 radical (unpaired) electrons. The molecule has 0 aliphatic carbocycles. The molecule has 76 valence electrons. The van der Waals surface area contributed by atoms with E-state index >= 15 is 0 Å². The Hall–Kier alpha value is -0.940. The fourth-order valence-corrected chi connectivity index (χ4v) is 1.66. The molecule has 0 saturated heterocycles. The van der Waals surface area contributed by atoms with Crippen molar-refractivity contribution >= 4 is 27.7 Å². The first-order valence-electron chi connectivity index (χ1n) is 4.29. The molecular formula is C10H8BrN3S. The Kier molecular flexibility index (Phi) is 3.33. The summed E-state index contributed by atoms with van der Waals surface area (Å²) in [5.41, 5.74) is 1.81. The van der Waals surface area contributed by atoms with Gasteiger partial charge in [-0.3, -0.25) is 0 Å². The summed E-state index contributed by atoms with van der Waals surface area (Å²) >= 11 is 4.87. The summed E-state index contributed by atoms with van der Waals surface area (Å²) in [6.07, 6.45) is 3.67. The molecule has 0 atom stereocenters. The number of hydrogen-bond donors (Lipinski definition) is 0. The lowest BCUT2D eigenvalue weighted by Crippen LogP contribution is -1.92. The molecule has 0 aliphatic heterocycles. The van der Waals surface area contributed by atoms with Gasteiger partial charge in [0.25, 0.3) is 0 Å². The van der Waals surface area contributed by atoms with Gasteiger partial charge >= 0.3 is 0 Å². The number of halogens is 1. The van der Waals surface area contributed by atoms with Crippen LogP contribution in [0.2, 0.25) is 0 Å². The number of rotatable bonds is 2. The van der Waals surface area contributed by atoms with E-state index < -0.39 is 0 Å². The first-order valence-corrected chi connectivity index (χ1v) is 6.31. The first-order chi connectivity index (χ1) is 7.29. The van der Waals surface area contributed by atoms with E-state index in [9.17, 15) is 0 Å². The van der Waals surface area contributed by atoms with Crippen molar-refractivity contribution < 1.29 is 0 Å². The second-order valence-corrected chi connectivity index (χ2v) is 4.53. The van der Waals surface area contributed by atoms with Crippen LogP contribution < -0.4 is 0 Å². The summed E-state index contributed by atoms with van der Waals surface area (Å²) in [6, 6.07) is 7.90. The van der Waals surface area contributed by atoms with Crippen molar-refractivity contribution in [1.29, 1.82) is 0 Å². The van der Waals surface area contributed by atoms with Gasteiger partial charge in [0.15, 0.2) is 0 Å². The van der Waals surface area contributed by atoms with Crippen molar-refractivity contribution in [2.75, 3.05) is 6.26 Å². The zero-order valence-corrected chi connectivity index (χ0v) is 10.4. The lowest BCUT2D eigenvalue weighted by molar-refractivity contribution is 0.847. The van der Waals surface area contributed by atoms with E-state index in [4.69, 9.17) is 0 Å². The summed E-state index contributed by atoms with van der Waals surface area (Å²) in [5, 5.41) is 8.78. The summed E-state index contributed by atoms with van der Waals surface area (Å²) in [4.78, 5) is 4.17. The Morgan fingerprint density at radius 3 is 2.40 bits per heavy atom. The maximum absolute atomic E-state index is 4.17. The highest BCUT2D eigenvalue weighted by Crippen LogP contribution is 2.19. The Morgan fingerprint density at radius 2 is 1.87 bits per heavy atom. The zero-order valence-electron chi connectivity index (χ0n) is 8.01. The molecule has 1 heterocycles. The van der Waals surface area contributed by atoms with E-state index in [1.807, 2.05) is 30.5 Å². The van der Waals surface area contributed by atoms with Gasteiger partial charge in [0.05, 0.1) is 6.20 Å². The quantitative estimate of drug-likeness (QED) is 0.794. The van der Waals surface area contributed by atoms with Crippen molar-refractivity contribution in [3.63, 3.8) is 0 Å². The van der Waals surface area contributed by atoms with Gasteiger partial charge in [-0.2, -0.15) is 0 Å². The predicted octanol–water partition coefficient (Wildman–Crippen LogP) is 3.02. The maximum Gasteiger partial charge on any atom is 0.208 e. The van der Waals surface area contributed by atoms with Gasteiger partial charge in [-0.1, -0.05) is 39.8 Å². The van der Waals surface area contributed by atoms with Crippen LogP contribution in [0, 0.1) is 0 Å². The summed E-state index contributed by atoms with van der Waals surface area (Å²) in [7, 11) is 0. The predicted molar refractivity (Wildman–Crippen MR) is 64.7 cm³/mol. The van der Waals surface area contributed by atoms with E-state index in [1.165, 1.54) is 11.8 Å². The van der Waals surface area contributed by atoms with Crippen molar-refractivity contribution in [3.05, 3.63) is 34.9 Å².